The van der Waals surface area contributed by atoms with Crippen LogP contribution < -0.4 is 0 Å². The minimum atomic E-state index is -1.87. The minimum absolute atomic E-state index is 0.171. The zero-order chi connectivity index (χ0) is 11.6. The van der Waals surface area contributed by atoms with Crippen LogP contribution in [0.4, 0.5) is 5.69 Å². The third-order valence-corrected chi connectivity index (χ3v) is 2.01. The lowest BCUT2D eigenvalue weighted by Gasteiger charge is -2.09. The fraction of sp³-hybridized carbons (Fsp3) is 0.222. The summed E-state index contributed by atoms with van der Waals surface area (Å²) >= 11 is 0. The topological polar surface area (TPSA) is 101 Å². The molecule has 0 saturated carbocycles. The largest absolute Gasteiger partial charge is 0.479 e. The normalized spacial score (nSPS) is 12.1. The Balaban J connectivity index is 3.37. The molecule has 0 aliphatic heterocycles. The molecule has 0 radical (unpaired) electrons. The van der Waals surface area contributed by atoms with Gasteiger partial charge in [0.05, 0.1) is 10.5 Å². The van der Waals surface area contributed by atoms with Gasteiger partial charge in [-0.1, -0.05) is 12.1 Å². The van der Waals surface area contributed by atoms with Crippen molar-refractivity contribution in [3.63, 3.8) is 0 Å². The molecule has 2 N–H and O–H groups in total. The van der Waals surface area contributed by atoms with Gasteiger partial charge in [-0.3, -0.25) is 10.1 Å². The van der Waals surface area contributed by atoms with E-state index < -0.39 is 17.0 Å². The van der Waals surface area contributed by atoms with Crippen LogP contribution >= 0.6 is 0 Å². The van der Waals surface area contributed by atoms with Crippen LogP contribution in [0.3, 0.4) is 0 Å². The van der Waals surface area contributed by atoms with Crippen LogP contribution in [0.1, 0.15) is 17.2 Å². The predicted molar refractivity (Wildman–Crippen MR) is 50.4 cm³/mol. The number of carboxylic acids is 1. The lowest BCUT2D eigenvalue weighted by Crippen LogP contribution is -2.13. The summed E-state index contributed by atoms with van der Waals surface area (Å²) in [5, 5.41) is 28.5. The van der Waals surface area contributed by atoms with Crippen LogP contribution in [0.2, 0.25) is 0 Å². The van der Waals surface area contributed by atoms with Crippen molar-refractivity contribution in [1.29, 1.82) is 0 Å². The van der Waals surface area contributed by atoms with E-state index >= 15 is 0 Å². The van der Waals surface area contributed by atoms with Gasteiger partial charge in [0, 0.05) is 6.07 Å². The summed E-state index contributed by atoms with van der Waals surface area (Å²) in [4.78, 5) is 20.4. The van der Waals surface area contributed by atoms with Crippen molar-refractivity contribution >= 4 is 11.7 Å². The molecule has 15 heavy (non-hydrogen) atoms. The molecule has 6 heteroatoms. The van der Waals surface area contributed by atoms with Crippen LogP contribution in [0.15, 0.2) is 18.2 Å². The molecule has 1 aromatic rings. The van der Waals surface area contributed by atoms with Gasteiger partial charge in [-0.15, -0.1) is 0 Å². The van der Waals surface area contributed by atoms with Gasteiger partial charge in [0.1, 0.15) is 0 Å². The highest BCUT2D eigenvalue weighted by Gasteiger charge is 2.27. The number of hydrogen-bond acceptors (Lipinski definition) is 4. The maximum Gasteiger partial charge on any atom is 0.337 e. The molecular weight excluding hydrogens is 202 g/mol. The SMILES string of the molecule is Cc1cccc([N+](=O)[O-])c1C(O)C(=O)O. The first-order valence-corrected chi connectivity index (χ1v) is 4.10. The Morgan fingerprint density at radius 3 is 2.60 bits per heavy atom. The van der Waals surface area contributed by atoms with Crippen molar-refractivity contribution in [2.45, 2.75) is 13.0 Å². The van der Waals surface area contributed by atoms with E-state index in [9.17, 15) is 20.0 Å². The fourth-order valence-electron chi connectivity index (χ4n) is 1.30. The second-order valence-corrected chi connectivity index (χ2v) is 3.01. The van der Waals surface area contributed by atoms with Crippen LogP contribution in [0.25, 0.3) is 0 Å². The standard InChI is InChI=1S/C9H9NO5/c1-5-3-2-4-6(10(14)15)7(5)8(11)9(12)13/h2-4,8,11H,1H3,(H,12,13). The Hall–Kier alpha value is -1.95. The molecule has 0 fully saturated rings. The predicted octanol–water partition coefficient (Wildman–Crippen LogP) is 1.02. The monoisotopic (exact) mass is 211 g/mol. The summed E-state index contributed by atoms with van der Waals surface area (Å²) in [7, 11) is 0. The number of nitro groups is 1. The lowest BCUT2D eigenvalue weighted by molar-refractivity contribution is -0.386. The van der Waals surface area contributed by atoms with Gasteiger partial charge in [0.15, 0.2) is 6.10 Å². The second kappa shape index (κ2) is 4.05. The molecule has 1 unspecified atom stereocenters. The van der Waals surface area contributed by atoms with Gasteiger partial charge in [-0.25, -0.2) is 4.79 Å². The van der Waals surface area contributed by atoms with Gasteiger partial charge in [0.2, 0.25) is 0 Å². The highest BCUT2D eigenvalue weighted by Crippen LogP contribution is 2.28. The van der Waals surface area contributed by atoms with Gasteiger partial charge in [-0.2, -0.15) is 0 Å². The first-order valence-electron chi connectivity index (χ1n) is 4.10. The van der Waals surface area contributed by atoms with E-state index in [1.54, 1.807) is 0 Å². The van der Waals surface area contributed by atoms with Gasteiger partial charge < -0.3 is 10.2 Å². The third-order valence-electron chi connectivity index (χ3n) is 2.01. The molecule has 0 aliphatic rings. The van der Waals surface area contributed by atoms with Crippen LogP contribution in [-0.2, 0) is 4.79 Å². The highest BCUT2D eigenvalue weighted by molar-refractivity contribution is 5.76. The Kier molecular flexibility index (Phi) is 3.01. The first kappa shape index (κ1) is 11.1. The van der Waals surface area contributed by atoms with E-state index in [0.717, 1.165) is 6.07 Å². The number of aryl methyl sites for hydroxylation is 1. The summed E-state index contributed by atoms with van der Waals surface area (Å²) < 4.78 is 0. The molecular formula is C9H9NO5. The average Bonchev–Trinajstić information content (AvgIpc) is 2.16. The van der Waals surface area contributed by atoms with Gasteiger partial charge in [0.25, 0.3) is 5.69 Å². The van der Waals surface area contributed by atoms with Crippen molar-refractivity contribution in [3.8, 4) is 0 Å². The number of nitrogens with zero attached hydrogens (tertiary/aromatic N) is 1. The fourth-order valence-corrected chi connectivity index (χ4v) is 1.30. The lowest BCUT2D eigenvalue weighted by atomic mass is 10.0. The summed E-state index contributed by atoms with van der Waals surface area (Å²) in [5.74, 6) is -1.51. The molecule has 0 spiro atoms. The van der Waals surface area contributed by atoms with E-state index in [4.69, 9.17) is 5.11 Å². The maximum atomic E-state index is 10.6. The molecule has 80 valence electrons. The van der Waals surface area contributed by atoms with Crippen molar-refractivity contribution < 1.29 is 19.9 Å². The van der Waals surface area contributed by atoms with Crippen molar-refractivity contribution in [3.05, 3.63) is 39.4 Å². The van der Waals surface area contributed by atoms with Gasteiger partial charge in [-0.05, 0) is 12.5 Å². The van der Waals surface area contributed by atoms with E-state index in [1.165, 1.54) is 19.1 Å². The molecule has 0 aliphatic carbocycles. The molecule has 0 aromatic heterocycles. The highest BCUT2D eigenvalue weighted by atomic mass is 16.6. The Morgan fingerprint density at radius 2 is 2.13 bits per heavy atom. The number of nitro benzene ring substituents is 1. The summed E-state index contributed by atoms with van der Waals surface area (Å²) in [5.41, 5.74) is -0.181. The second-order valence-electron chi connectivity index (χ2n) is 3.01. The number of aliphatic carboxylic acids is 1. The van der Waals surface area contributed by atoms with Crippen LogP contribution in [0, 0.1) is 17.0 Å². The molecule has 0 amide bonds. The van der Waals surface area contributed by atoms with Crippen molar-refractivity contribution in [2.75, 3.05) is 0 Å². The zero-order valence-corrected chi connectivity index (χ0v) is 7.88. The number of aliphatic hydroxyl groups is 1. The third kappa shape index (κ3) is 2.10. The van der Waals surface area contributed by atoms with Crippen LogP contribution in [-0.4, -0.2) is 21.1 Å². The minimum Gasteiger partial charge on any atom is -0.479 e. The van der Waals surface area contributed by atoms with E-state index in [2.05, 4.69) is 0 Å². The van der Waals surface area contributed by atoms with Crippen molar-refractivity contribution in [1.82, 2.24) is 0 Å². The molecule has 0 heterocycles. The number of aliphatic hydroxyl groups excluding tert-OH is 1. The molecule has 1 rings (SSSR count). The molecule has 0 saturated heterocycles. The Labute approximate surface area is 84.9 Å². The zero-order valence-electron chi connectivity index (χ0n) is 7.88. The molecule has 6 nitrogen and oxygen atoms in total. The summed E-state index contributed by atoms with van der Waals surface area (Å²) in [6.45, 7) is 1.51. The molecule has 1 aromatic carbocycles. The average molecular weight is 211 g/mol. The van der Waals surface area contributed by atoms with Gasteiger partial charge >= 0.3 is 5.97 Å². The number of rotatable bonds is 3. The number of carboxylic acid groups (broad SMARTS) is 1. The van der Waals surface area contributed by atoms with E-state index in [-0.39, 0.29) is 11.3 Å². The number of benzene rings is 1. The van der Waals surface area contributed by atoms with Crippen molar-refractivity contribution in [2.24, 2.45) is 0 Å². The molecule has 0 bridgehead atoms. The van der Waals surface area contributed by atoms with E-state index in [0.29, 0.717) is 5.56 Å². The Morgan fingerprint density at radius 1 is 1.53 bits per heavy atom. The summed E-state index contributed by atoms with van der Waals surface area (Å²) in [6.07, 6.45) is -1.87. The summed E-state index contributed by atoms with van der Waals surface area (Å²) in [6, 6.07) is 4.11. The number of carbonyl (C=O) groups is 1. The Bertz CT molecular complexity index is 415. The smallest absolute Gasteiger partial charge is 0.337 e. The quantitative estimate of drug-likeness (QED) is 0.574. The molecule has 1 atom stereocenters. The van der Waals surface area contributed by atoms with E-state index in [1.807, 2.05) is 0 Å². The first-order chi connectivity index (χ1) is 6.95. The number of hydrogen-bond donors (Lipinski definition) is 2. The van der Waals surface area contributed by atoms with Crippen LogP contribution in [0.5, 0.6) is 0 Å². The maximum absolute atomic E-state index is 10.6.